The number of carbonyl (C=O) groups excluding carboxylic acids is 1. The van der Waals surface area contributed by atoms with Crippen molar-refractivity contribution < 1.29 is 9.53 Å². The molecule has 3 nitrogen and oxygen atoms in total. The van der Waals surface area contributed by atoms with E-state index in [1.165, 1.54) is 19.3 Å². The molecule has 2 atom stereocenters. The van der Waals surface area contributed by atoms with Crippen molar-refractivity contribution in [2.24, 2.45) is 10.8 Å². The van der Waals surface area contributed by atoms with Gasteiger partial charge in [0, 0.05) is 6.04 Å². The maximum atomic E-state index is 12.7. The highest BCUT2D eigenvalue weighted by Gasteiger charge is 2.43. The van der Waals surface area contributed by atoms with E-state index in [1.807, 2.05) is 0 Å². The van der Waals surface area contributed by atoms with Crippen LogP contribution in [0.25, 0.3) is 0 Å². The van der Waals surface area contributed by atoms with Crippen LogP contribution < -0.4 is 0 Å². The Hall–Kier alpha value is -0.570. The van der Waals surface area contributed by atoms with Gasteiger partial charge in [0.2, 0.25) is 0 Å². The maximum Gasteiger partial charge on any atom is 0.323 e. The summed E-state index contributed by atoms with van der Waals surface area (Å²) in [5.74, 6) is 0.00856. The number of nitrogens with zero attached hydrogens (tertiary/aromatic N) is 1. The van der Waals surface area contributed by atoms with Crippen LogP contribution in [0.3, 0.4) is 0 Å². The van der Waals surface area contributed by atoms with E-state index in [1.54, 1.807) is 0 Å². The molecular weight excluding hydrogens is 262 g/mol. The molecule has 0 radical (unpaired) electrons. The summed E-state index contributed by atoms with van der Waals surface area (Å²) >= 11 is 0. The van der Waals surface area contributed by atoms with Crippen molar-refractivity contribution in [1.29, 1.82) is 0 Å². The molecule has 122 valence electrons. The van der Waals surface area contributed by atoms with Crippen molar-refractivity contribution in [3.05, 3.63) is 0 Å². The molecule has 0 aromatic carbocycles. The van der Waals surface area contributed by atoms with E-state index in [-0.39, 0.29) is 28.9 Å². The van der Waals surface area contributed by atoms with Gasteiger partial charge in [-0.15, -0.1) is 0 Å². The number of hydrogen-bond acceptors (Lipinski definition) is 3. The zero-order valence-corrected chi connectivity index (χ0v) is 14.7. The Morgan fingerprint density at radius 2 is 1.62 bits per heavy atom. The standard InChI is InChI=1S/C18H33NO2/c1-17(2,3)16(18(4,5)6)21-15(20)14-11-10-13-9-7-8-12-19(13)14/h13-14,16H,7-12H2,1-6H3/t13-,14-/m1/s1. The Bertz CT molecular complexity index is 364. The highest BCUT2D eigenvalue weighted by molar-refractivity contribution is 5.76. The summed E-state index contributed by atoms with van der Waals surface area (Å²) in [7, 11) is 0. The van der Waals surface area contributed by atoms with Crippen LogP contribution in [0.1, 0.15) is 73.6 Å². The minimum atomic E-state index is -0.0543. The van der Waals surface area contributed by atoms with E-state index in [0.717, 1.165) is 19.4 Å². The molecule has 2 rings (SSSR count). The Kier molecular flexibility index (Phi) is 4.72. The minimum Gasteiger partial charge on any atom is -0.460 e. The van der Waals surface area contributed by atoms with Crippen LogP contribution in [0, 0.1) is 10.8 Å². The van der Waals surface area contributed by atoms with Crippen LogP contribution in [0.4, 0.5) is 0 Å². The first kappa shape index (κ1) is 16.8. The molecule has 2 aliphatic rings. The molecule has 2 saturated heterocycles. The fourth-order valence-corrected chi connectivity index (χ4v) is 4.36. The van der Waals surface area contributed by atoms with Crippen LogP contribution in [-0.2, 0) is 9.53 Å². The van der Waals surface area contributed by atoms with Crippen molar-refractivity contribution in [1.82, 2.24) is 4.90 Å². The van der Waals surface area contributed by atoms with Gasteiger partial charge in [0.1, 0.15) is 12.1 Å². The summed E-state index contributed by atoms with van der Waals surface area (Å²) in [5.41, 5.74) is -0.0678. The molecule has 3 heteroatoms. The first-order valence-corrected chi connectivity index (χ1v) is 8.57. The van der Waals surface area contributed by atoms with Gasteiger partial charge in [-0.05, 0) is 43.1 Å². The maximum absolute atomic E-state index is 12.7. The lowest BCUT2D eigenvalue weighted by Gasteiger charge is -2.41. The quantitative estimate of drug-likeness (QED) is 0.721. The molecule has 0 aliphatic carbocycles. The number of carbonyl (C=O) groups is 1. The fraction of sp³-hybridized carbons (Fsp3) is 0.944. The van der Waals surface area contributed by atoms with Crippen molar-refractivity contribution in [2.75, 3.05) is 6.54 Å². The zero-order valence-electron chi connectivity index (χ0n) is 14.7. The van der Waals surface area contributed by atoms with Crippen LogP contribution in [0.5, 0.6) is 0 Å². The SMILES string of the molecule is CC(C)(C)C(OC(=O)[C@H]1CC[C@H]2CCCCN21)C(C)(C)C. The summed E-state index contributed by atoms with van der Waals surface area (Å²) in [6.45, 7) is 14.0. The molecular formula is C18H33NO2. The third-order valence-electron chi connectivity index (χ3n) is 4.93. The van der Waals surface area contributed by atoms with Gasteiger partial charge >= 0.3 is 5.97 Å². The fourth-order valence-electron chi connectivity index (χ4n) is 4.36. The van der Waals surface area contributed by atoms with Gasteiger partial charge in [0.15, 0.2) is 0 Å². The molecule has 2 fully saturated rings. The van der Waals surface area contributed by atoms with E-state index in [2.05, 4.69) is 46.4 Å². The van der Waals surface area contributed by atoms with Crippen molar-refractivity contribution in [3.63, 3.8) is 0 Å². The average Bonchev–Trinajstić information content (AvgIpc) is 2.76. The normalized spacial score (nSPS) is 27.8. The Morgan fingerprint density at radius 3 is 2.19 bits per heavy atom. The highest BCUT2D eigenvalue weighted by atomic mass is 16.5. The third kappa shape index (κ3) is 3.80. The Balaban J connectivity index is 2.06. The molecule has 0 unspecified atom stereocenters. The largest absolute Gasteiger partial charge is 0.460 e. The summed E-state index contributed by atoms with van der Waals surface area (Å²) in [4.78, 5) is 15.2. The molecule has 0 spiro atoms. The van der Waals surface area contributed by atoms with E-state index < -0.39 is 0 Å². The molecule has 0 bridgehead atoms. The van der Waals surface area contributed by atoms with E-state index >= 15 is 0 Å². The topological polar surface area (TPSA) is 29.5 Å². The second-order valence-corrected chi connectivity index (χ2v) is 9.03. The van der Waals surface area contributed by atoms with E-state index in [9.17, 15) is 4.79 Å². The first-order valence-electron chi connectivity index (χ1n) is 8.57. The molecule has 2 aliphatic heterocycles. The van der Waals surface area contributed by atoms with E-state index in [0.29, 0.717) is 6.04 Å². The van der Waals surface area contributed by atoms with Crippen LogP contribution >= 0.6 is 0 Å². The Morgan fingerprint density at radius 1 is 1.00 bits per heavy atom. The Labute approximate surface area is 130 Å². The monoisotopic (exact) mass is 295 g/mol. The molecule has 0 aromatic heterocycles. The molecule has 0 aromatic rings. The first-order chi connectivity index (χ1) is 9.60. The molecule has 2 heterocycles. The summed E-state index contributed by atoms with van der Waals surface area (Å²) < 4.78 is 6.03. The van der Waals surface area contributed by atoms with Crippen molar-refractivity contribution >= 4 is 5.97 Å². The summed E-state index contributed by atoms with van der Waals surface area (Å²) in [6, 6.07) is 0.626. The van der Waals surface area contributed by atoms with Gasteiger partial charge in [-0.25, -0.2) is 0 Å². The number of ether oxygens (including phenoxy) is 1. The van der Waals surface area contributed by atoms with Gasteiger partial charge in [0.05, 0.1) is 0 Å². The average molecular weight is 295 g/mol. The number of esters is 1. The van der Waals surface area contributed by atoms with Gasteiger partial charge < -0.3 is 4.74 Å². The summed E-state index contributed by atoms with van der Waals surface area (Å²) in [6.07, 6.45) is 5.88. The minimum absolute atomic E-state index is 0.00231. The van der Waals surface area contributed by atoms with Gasteiger partial charge in [-0.3, -0.25) is 9.69 Å². The lowest BCUT2D eigenvalue weighted by Crippen LogP contribution is -2.48. The third-order valence-corrected chi connectivity index (χ3v) is 4.93. The van der Waals surface area contributed by atoms with Gasteiger partial charge in [0.25, 0.3) is 0 Å². The predicted octanol–water partition coefficient (Wildman–Crippen LogP) is 4.01. The van der Waals surface area contributed by atoms with E-state index in [4.69, 9.17) is 4.74 Å². The lowest BCUT2D eigenvalue weighted by atomic mass is 9.74. The predicted molar refractivity (Wildman–Crippen MR) is 86.2 cm³/mol. The van der Waals surface area contributed by atoms with Crippen molar-refractivity contribution in [3.8, 4) is 0 Å². The van der Waals surface area contributed by atoms with Crippen LogP contribution in [0.15, 0.2) is 0 Å². The molecule has 21 heavy (non-hydrogen) atoms. The van der Waals surface area contributed by atoms with Gasteiger partial charge in [-0.2, -0.15) is 0 Å². The second-order valence-electron chi connectivity index (χ2n) is 9.03. The number of piperidine rings is 1. The molecule has 0 amide bonds. The van der Waals surface area contributed by atoms with Crippen LogP contribution in [0.2, 0.25) is 0 Å². The summed E-state index contributed by atoms with van der Waals surface area (Å²) in [5, 5.41) is 0. The molecule has 0 N–H and O–H groups in total. The van der Waals surface area contributed by atoms with Crippen molar-refractivity contribution in [2.45, 2.75) is 91.8 Å². The number of hydrogen-bond donors (Lipinski definition) is 0. The van der Waals surface area contributed by atoms with Gasteiger partial charge in [-0.1, -0.05) is 48.0 Å². The van der Waals surface area contributed by atoms with Crippen LogP contribution in [-0.4, -0.2) is 35.6 Å². The number of rotatable bonds is 2. The second kappa shape index (κ2) is 5.91. The zero-order chi connectivity index (χ0) is 15.8. The lowest BCUT2D eigenvalue weighted by molar-refractivity contribution is -0.170. The molecule has 0 saturated carbocycles. The number of fused-ring (bicyclic) bond motifs is 1. The smallest absolute Gasteiger partial charge is 0.323 e. The highest BCUT2D eigenvalue weighted by Crippen LogP contribution is 2.38.